The maximum absolute atomic E-state index is 12.4. The van der Waals surface area contributed by atoms with Gasteiger partial charge in [0.1, 0.15) is 0 Å². The summed E-state index contributed by atoms with van der Waals surface area (Å²) in [7, 11) is -3.66. The first-order valence-electron chi connectivity index (χ1n) is 5.41. The summed E-state index contributed by atoms with van der Waals surface area (Å²) in [6.07, 6.45) is 0. The van der Waals surface area contributed by atoms with E-state index in [9.17, 15) is 14.5 Å². The van der Waals surface area contributed by atoms with E-state index < -0.39 is 19.2 Å². The molecule has 0 unspecified atom stereocenters. The maximum Gasteiger partial charge on any atom is 0.383 e. The Morgan fingerprint density at radius 3 is 2.24 bits per heavy atom. The molecule has 0 bridgehead atoms. The van der Waals surface area contributed by atoms with Crippen LogP contribution in [0.5, 0.6) is 5.88 Å². The molecule has 0 fully saturated rings. The molecule has 17 heavy (non-hydrogen) atoms. The molecule has 0 aromatic carbocycles. The highest BCUT2D eigenvalue weighted by Crippen LogP contribution is 2.48. The Labute approximate surface area is 98.9 Å². The van der Waals surface area contributed by atoms with Crippen molar-refractivity contribution in [2.45, 2.75) is 27.3 Å². The van der Waals surface area contributed by atoms with Crippen LogP contribution in [0.25, 0.3) is 0 Å². The van der Waals surface area contributed by atoms with Crippen molar-refractivity contribution in [1.29, 1.82) is 0 Å². The summed E-state index contributed by atoms with van der Waals surface area (Å²) >= 11 is 0. The van der Waals surface area contributed by atoms with Gasteiger partial charge in [0, 0.05) is 6.54 Å². The lowest BCUT2D eigenvalue weighted by atomic mass is 10.7. The standard InChI is InChI=1S/C9H17N2O5P/c1-4-11-8(7(12)10-9(11)13)17(14,15-5-2)16-6-3/h12H,4-6H2,1-3H3,(H,10,13). The fourth-order valence-corrected chi connectivity index (χ4v) is 3.36. The number of nitrogens with one attached hydrogen (secondary N) is 1. The van der Waals surface area contributed by atoms with Gasteiger partial charge >= 0.3 is 13.3 Å². The van der Waals surface area contributed by atoms with Gasteiger partial charge in [-0.3, -0.25) is 14.1 Å². The van der Waals surface area contributed by atoms with E-state index in [-0.39, 0.29) is 25.2 Å². The first kappa shape index (κ1) is 14.0. The third-order valence-electron chi connectivity index (χ3n) is 2.11. The molecule has 1 rings (SSSR count). The van der Waals surface area contributed by atoms with Gasteiger partial charge in [-0.05, 0) is 20.8 Å². The summed E-state index contributed by atoms with van der Waals surface area (Å²) in [5.41, 5.74) is -0.659. The average molecular weight is 264 g/mol. The van der Waals surface area contributed by atoms with E-state index in [1.165, 1.54) is 0 Å². The normalized spacial score (nSPS) is 11.9. The van der Waals surface area contributed by atoms with Gasteiger partial charge in [-0.1, -0.05) is 0 Å². The summed E-state index contributed by atoms with van der Waals surface area (Å²) in [5, 5.41) is 9.62. The van der Waals surface area contributed by atoms with Crippen LogP contribution in [0.4, 0.5) is 0 Å². The smallest absolute Gasteiger partial charge is 0.383 e. The van der Waals surface area contributed by atoms with Crippen molar-refractivity contribution in [3.8, 4) is 5.88 Å². The zero-order valence-corrected chi connectivity index (χ0v) is 11.0. The second-order valence-corrected chi connectivity index (χ2v) is 5.11. The quantitative estimate of drug-likeness (QED) is 0.741. The monoisotopic (exact) mass is 264 g/mol. The van der Waals surface area contributed by atoms with Crippen LogP contribution < -0.4 is 11.1 Å². The summed E-state index contributed by atoms with van der Waals surface area (Å²) < 4.78 is 23.8. The van der Waals surface area contributed by atoms with Gasteiger partial charge in [-0.2, -0.15) is 0 Å². The van der Waals surface area contributed by atoms with Crippen molar-refractivity contribution in [2.24, 2.45) is 0 Å². The Morgan fingerprint density at radius 1 is 1.29 bits per heavy atom. The van der Waals surface area contributed by atoms with Crippen molar-refractivity contribution in [3.63, 3.8) is 0 Å². The zero-order valence-electron chi connectivity index (χ0n) is 10.1. The minimum absolute atomic E-state index is 0.117. The van der Waals surface area contributed by atoms with Crippen molar-refractivity contribution in [3.05, 3.63) is 10.5 Å². The van der Waals surface area contributed by atoms with Gasteiger partial charge in [-0.25, -0.2) is 4.79 Å². The van der Waals surface area contributed by atoms with Gasteiger partial charge in [0.25, 0.3) is 0 Å². The van der Waals surface area contributed by atoms with Gasteiger partial charge in [-0.15, -0.1) is 0 Å². The molecule has 0 aliphatic rings. The van der Waals surface area contributed by atoms with Crippen molar-refractivity contribution in [2.75, 3.05) is 13.2 Å². The van der Waals surface area contributed by atoms with Crippen LogP contribution in [0.3, 0.4) is 0 Å². The number of H-pyrrole nitrogens is 1. The molecule has 0 amide bonds. The van der Waals surface area contributed by atoms with E-state index in [4.69, 9.17) is 9.05 Å². The number of aromatic amines is 1. The van der Waals surface area contributed by atoms with Gasteiger partial charge < -0.3 is 14.2 Å². The average Bonchev–Trinajstić information content (AvgIpc) is 2.54. The van der Waals surface area contributed by atoms with E-state index in [0.717, 1.165) is 4.57 Å². The van der Waals surface area contributed by atoms with Crippen LogP contribution in [0, 0.1) is 0 Å². The van der Waals surface area contributed by atoms with Crippen LogP contribution in [0.2, 0.25) is 0 Å². The molecule has 0 spiro atoms. The molecular formula is C9H17N2O5P. The van der Waals surface area contributed by atoms with E-state index in [2.05, 4.69) is 4.98 Å². The number of aromatic nitrogens is 2. The topological polar surface area (TPSA) is 93.6 Å². The maximum atomic E-state index is 12.4. The van der Waals surface area contributed by atoms with Crippen LogP contribution in [-0.4, -0.2) is 27.9 Å². The zero-order chi connectivity index (χ0) is 13.1. The number of aromatic hydroxyl groups is 1. The lowest BCUT2D eigenvalue weighted by molar-refractivity contribution is 0.227. The number of hydrogen-bond acceptors (Lipinski definition) is 5. The van der Waals surface area contributed by atoms with E-state index in [1.54, 1.807) is 20.8 Å². The van der Waals surface area contributed by atoms with Gasteiger partial charge in [0.15, 0.2) is 5.44 Å². The largest absolute Gasteiger partial charge is 0.493 e. The van der Waals surface area contributed by atoms with Crippen molar-refractivity contribution >= 4 is 13.0 Å². The lowest BCUT2D eigenvalue weighted by Crippen LogP contribution is -2.27. The lowest BCUT2D eigenvalue weighted by Gasteiger charge is -2.17. The molecule has 0 saturated carbocycles. The van der Waals surface area contributed by atoms with E-state index >= 15 is 0 Å². The minimum Gasteiger partial charge on any atom is -0.493 e. The summed E-state index contributed by atoms with van der Waals surface area (Å²) in [4.78, 5) is 13.6. The van der Waals surface area contributed by atoms with E-state index in [1.807, 2.05) is 0 Å². The molecule has 8 heteroatoms. The Morgan fingerprint density at radius 2 is 1.82 bits per heavy atom. The van der Waals surface area contributed by atoms with Crippen LogP contribution in [-0.2, 0) is 20.2 Å². The molecule has 98 valence electrons. The highest BCUT2D eigenvalue weighted by molar-refractivity contribution is 7.62. The molecule has 1 aromatic rings. The highest BCUT2D eigenvalue weighted by Gasteiger charge is 2.35. The Hall–Kier alpha value is -1.04. The molecular weight excluding hydrogens is 247 g/mol. The molecule has 2 N–H and O–H groups in total. The Bertz CT molecular complexity index is 468. The first-order valence-corrected chi connectivity index (χ1v) is 6.95. The van der Waals surface area contributed by atoms with Crippen molar-refractivity contribution in [1.82, 2.24) is 9.55 Å². The third-order valence-corrected chi connectivity index (χ3v) is 4.28. The highest BCUT2D eigenvalue weighted by atomic mass is 31.2. The van der Waals surface area contributed by atoms with Crippen LogP contribution >= 0.6 is 7.60 Å². The minimum atomic E-state index is -3.66. The molecule has 0 aliphatic heterocycles. The predicted octanol–water partition coefficient (Wildman–Crippen LogP) is 0.793. The van der Waals surface area contributed by atoms with Crippen molar-refractivity contribution < 1.29 is 18.7 Å². The second-order valence-electron chi connectivity index (χ2n) is 3.18. The van der Waals surface area contributed by atoms with Crippen LogP contribution in [0.15, 0.2) is 4.79 Å². The molecule has 0 aliphatic carbocycles. The molecule has 0 radical (unpaired) electrons. The predicted molar refractivity (Wildman–Crippen MR) is 62.9 cm³/mol. The first-order chi connectivity index (χ1) is 8.00. The fourth-order valence-electron chi connectivity index (χ4n) is 1.52. The molecule has 0 atom stereocenters. The van der Waals surface area contributed by atoms with Gasteiger partial charge in [0.2, 0.25) is 5.88 Å². The van der Waals surface area contributed by atoms with Crippen LogP contribution in [0.1, 0.15) is 20.8 Å². The number of nitrogens with zero attached hydrogens (tertiary/aromatic N) is 1. The Balaban J connectivity index is 3.37. The SMILES string of the molecule is CCOP(=O)(OCC)c1c(O)[nH]c(=O)n1CC. The number of rotatable bonds is 6. The number of hydrogen-bond donors (Lipinski definition) is 2. The molecule has 0 saturated heterocycles. The molecule has 1 heterocycles. The second kappa shape index (κ2) is 5.53. The van der Waals surface area contributed by atoms with Gasteiger partial charge in [0.05, 0.1) is 13.2 Å². The molecule has 1 aromatic heterocycles. The summed E-state index contributed by atoms with van der Waals surface area (Å²) in [5.74, 6) is -0.470. The fraction of sp³-hybridized carbons (Fsp3) is 0.667. The molecule has 7 nitrogen and oxygen atoms in total. The summed E-state index contributed by atoms with van der Waals surface area (Å²) in [6, 6.07) is 0. The Kier molecular flexibility index (Phi) is 4.56. The number of imidazole rings is 1. The third kappa shape index (κ3) is 2.62. The summed E-state index contributed by atoms with van der Waals surface area (Å²) in [6.45, 7) is 5.57. The van der Waals surface area contributed by atoms with E-state index in [0.29, 0.717) is 0 Å².